The van der Waals surface area contributed by atoms with E-state index < -0.39 is 0 Å². The number of rotatable bonds is 3. The Bertz CT molecular complexity index is 421. The quantitative estimate of drug-likeness (QED) is 0.848. The van der Waals surface area contributed by atoms with Crippen molar-refractivity contribution in [2.45, 2.75) is 31.7 Å². The SMILES string of the molecule is CNc1ccc(C(=O)N2CCCCCC2CO)nn1. The van der Waals surface area contributed by atoms with Gasteiger partial charge in [0.2, 0.25) is 0 Å². The minimum Gasteiger partial charge on any atom is -0.394 e. The maximum atomic E-state index is 12.4. The summed E-state index contributed by atoms with van der Waals surface area (Å²) >= 11 is 0. The number of anilines is 1. The summed E-state index contributed by atoms with van der Waals surface area (Å²) in [6.07, 6.45) is 3.98. The first kappa shape index (κ1) is 13.7. The average Bonchev–Trinajstić information content (AvgIpc) is 2.71. The van der Waals surface area contributed by atoms with Crippen LogP contribution in [-0.4, -0.2) is 52.4 Å². The van der Waals surface area contributed by atoms with Crippen molar-refractivity contribution in [3.63, 3.8) is 0 Å². The summed E-state index contributed by atoms with van der Waals surface area (Å²) in [5.41, 5.74) is 0.333. The Hall–Kier alpha value is -1.69. The summed E-state index contributed by atoms with van der Waals surface area (Å²) in [6.45, 7) is 0.688. The fraction of sp³-hybridized carbons (Fsp3) is 0.615. The molecule has 1 unspecified atom stereocenters. The van der Waals surface area contributed by atoms with Gasteiger partial charge in [0.1, 0.15) is 5.82 Å². The highest BCUT2D eigenvalue weighted by molar-refractivity contribution is 5.92. The standard InChI is InChI=1S/C13H20N4O2/c1-14-12-7-6-11(15-16-12)13(19)17-8-4-2-3-5-10(17)9-18/h6-7,10,18H,2-5,8-9H2,1H3,(H,14,16). The number of hydrogen-bond acceptors (Lipinski definition) is 5. The molecule has 2 N–H and O–H groups in total. The molecule has 19 heavy (non-hydrogen) atoms. The number of aliphatic hydroxyl groups is 1. The summed E-state index contributed by atoms with van der Waals surface area (Å²) < 4.78 is 0. The molecule has 6 nitrogen and oxygen atoms in total. The summed E-state index contributed by atoms with van der Waals surface area (Å²) in [4.78, 5) is 14.1. The predicted octanol–water partition coefficient (Wildman–Crippen LogP) is 0.895. The normalized spacial score (nSPS) is 19.9. The largest absolute Gasteiger partial charge is 0.394 e. The highest BCUT2D eigenvalue weighted by atomic mass is 16.3. The van der Waals surface area contributed by atoms with E-state index in [2.05, 4.69) is 15.5 Å². The maximum absolute atomic E-state index is 12.4. The highest BCUT2D eigenvalue weighted by Gasteiger charge is 2.26. The van der Waals surface area contributed by atoms with Gasteiger partial charge in [-0.25, -0.2) is 0 Å². The molecule has 0 aliphatic carbocycles. The second-order valence-electron chi connectivity index (χ2n) is 4.74. The first-order valence-corrected chi connectivity index (χ1v) is 6.69. The second-order valence-corrected chi connectivity index (χ2v) is 4.74. The molecule has 0 spiro atoms. The van der Waals surface area contributed by atoms with Crippen molar-refractivity contribution < 1.29 is 9.90 Å². The van der Waals surface area contributed by atoms with Crippen LogP contribution in [0.5, 0.6) is 0 Å². The molecule has 6 heteroatoms. The Balaban J connectivity index is 2.15. The summed E-state index contributed by atoms with van der Waals surface area (Å²) in [6, 6.07) is 3.30. The van der Waals surface area contributed by atoms with Gasteiger partial charge in [0.05, 0.1) is 12.6 Å². The third kappa shape index (κ3) is 3.20. The first-order valence-electron chi connectivity index (χ1n) is 6.69. The molecule has 1 atom stereocenters. The Morgan fingerprint density at radius 1 is 1.42 bits per heavy atom. The molecule has 2 rings (SSSR count). The van der Waals surface area contributed by atoms with Gasteiger partial charge in [-0.05, 0) is 25.0 Å². The van der Waals surface area contributed by atoms with Gasteiger partial charge in [-0.3, -0.25) is 4.79 Å². The average molecular weight is 264 g/mol. The van der Waals surface area contributed by atoms with Gasteiger partial charge in [-0.1, -0.05) is 12.8 Å². The number of hydrogen-bond donors (Lipinski definition) is 2. The molecular formula is C13H20N4O2. The topological polar surface area (TPSA) is 78.4 Å². The van der Waals surface area contributed by atoms with Crippen molar-refractivity contribution in [3.05, 3.63) is 17.8 Å². The lowest BCUT2D eigenvalue weighted by atomic mass is 10.1. The number of nitrogens with zero attached hydrogens (tertiary/aromatic N) is 3. The van der Waals surface area contributed by atoms with Crippen molar-refractivity contribution in [1.82, 2.24) is 15.1 Å². The number of aromatic nitrogens is 2. The third-order valence-electron chi connectivity index (χ3n) is 3.49. The van der Waals surface area contributed by atoms with E-state index in [1.807, 2.05) is 0 Å². The van der Waals surface area contributed by atoms with Crippen molar-refractivity contribution in [2.24, 2.45) is 0 Å². The molecule has 1 amide bonds. The summed E-state index contributed by atoms with van der Waals surface area (Å²) in [5.74, 6) is 0.488. The van der Waals surface area contributed by atoms with Crippen LogP contribution in [0.4, 0.5) is 5.82 Å². The van der Waals surface area contributed by atoms with E-state index in [1.165, 1.54) is 0 Å². The number of likely N-dealkylation sites (tertiary alicyclic amines) is 1. The van der Waals surface area contributed by atoms with E-state index in [0.29, 0.717) is 18.1 Å². The monoisotopic (exact) mass is 264 g/mol. The Labute approximate surface area is 112 Å². The molecule has 104 valence electrons. The van der Waals surface area contributed by atoms with E-state index in [1.54, 1.807) is 24.1 Å². The van der Waals surface area contributed by atoms with E-state index in [-0.39, 0.29) is 18.6 Å². The van der Waals surface area contributed by atoms with Gasteiger partial charge in [-0.15, -0.1) is 10.2 Å². The van der Waals surface area contributed by atoms with E-state index in [4.69, 9.17) is 0 Å². The van der Waals surface area contributed by atoms with E-state index in [0.717, 1.165) is 25.7 Å². The fourth-order valence-corrected chi connectivity index (χ4v) is 2.36. The molecule has 1 fully saturated rings. The van der Waals surface area contributed by atoms with Crippen molar-refractivity contribution in [1.29, 1.82) is 0 Å². The second kappa shape index (κ2) is 6.47. The van der Waals surface area contributed by atoms with Gasteiger partial charge < -0.3 is 15.3 Å². The first-order chi connectivity index (χ1) is 9.26. The van der Waals surface area contributed by atoms with Crippen LogP contribution < -0.4 is 5.32 Å². The van der Waals surface area contributed by atoms with Crippen LogP contribution in [-0.2, 0) is 0 Å². The van der Waals surface area contributed by atoms with Gasteiger partial charge >= 0.3 is 0 Å². The maximum Gasteiger partial charge on any atom is 0.274 e. The summed E-state index contributed by atoms with van der Waals surface area (Å²) in [5, 5.41) is 20.1. The number of nitrogens with one attached hydrogen (secondary N) is 1. The van der Waals surface area contributed by atoms with Gasteiger partial charge in [0.15, 0.2) is 5.69 Å². The third-order valence-corrected chi connectivity index (χ3v) is 3.49. The fourth-order valence-electron chi connectivity index (χ4n) is 2.36. The lowest BCUT2D eigenvalue weighted by Crippen LogP contribution is -2.42. The molecule has 1 aliphatic heterocycles. The highest BCUT2D eigenvalue weighted by Crippen LogP contribution is 2.18. The van der Waals surface area contributed by atoms with Crippen LogP contribution in [0.1, 0.15) is 36.2 Å². The van der Waals surface area contributed by atoms with Crippen molar-refractivity contribution in [3.8, 4) is 0 Å². The van der Waals surface area contributed by atoms with Crippen LogP contribution in [0.3, 0.4) is 0 Å². The Morgan fingerprint density at radius 3 is 2.89 bits per heavy atom. The smallest absolute Gasteiger partial charge is 0.274 e. The minimum absolute atomic E-state index is 0.00771. The van der Waals surface area contributed by atoms with Gasteiger partial charge in [0.25, 0.3) is 5.91 Å². The molecule has 1 aliphatic rings. The number of carbonyl (C=O) groups is 1. The van der Waals surface area contributed by atoms with Crippen LogP contribution in [0.2, 0.25) is 0 Å². The Morgan fingerprint density at radius 2 is 2.26 bits per heavy atom. The molecule has 0 saturated carbocycles. The molecule has 0 aromatic carbocycles. The lowest BCUT2D eigenvalue weighted by Gasteiger charge is -2.28. The number of amides is 1. The molecule has 1 aromatic rings. The van der Waals surface area contributed by atoms with Crippen LogP contribution in [0, 0.1) is 0 Å². The van der Waals surface area contributed by atoms with Gasteiger partial charge in [0, 0.05) is 13.6 Å². The zero-order valence-corrected chi connectivity index (χ0v) is 11.2. The summed E-state index contributed by atoms with van der Waals surface area (Å²) in [7, 11) is 1.75. The zero-order valence-electron chi connectivity index (χ0n) is 11.2. The van der Waals surface area contributed by atoms with Crippen LogP contribution in [0.15, 0.2) is 12.1 Å². The predicted molar refractivity (Wildman–Crippen MR) is 72.0 cm³/mol. The molecular weight excluding hydrogens is 244 g/mol. The molecule has 1 saturated heterocycles. The minimum atomic E-state index is -0.142. The zero-order chi connectivity index (χ0) is 13.7. The molecule has 1 aromatic heterocycles. The number of carbonyl (C=O) groups excluding carboxylic acids is 1. The van der Waals surface area contributed by atoms with E-state index in [9.17, 15) is 9.90 Å². The molecule has 0 bridgehead atoms. The van der Waals surface area contributed by atoms with Crippen molar-refractivity contribution in [2.75, 3.05) is 25.5 Å². The molecule has 0 radical (unpaired) electrons. The molecule has 2 heterocycles. The van der Waals surface area contributed by atoms with Crippen molar-refractivity contribution >= 4 is 11.7 Å². The van der Waals surface area contributed by atoms with Crippen LogP contribution in [0.25, 0.3) is 0 Å². The number of aliphatic hydroxyl groups excluding tert-OH is 1. The lowest BCUT2D eigenvalue weighted by molar-refractivity contribution is 0.0593. The Kier molecular flexibility index (Phi) is 4.68. The van der Waals surface area contributed by atoms with Crippen LogP contribution >= 0.6 is 0 Å². The van der Waals surface area contributed by atoms with E-state index >= 15 is 0 Å². The van der Waals surface area contributed by atoms with Gasteiger partial charge in [-0.2, -0.15) is 0 Å².